The SMILES string of the molecule is COCc1nc(NCC2CCOCC2)cc(C2CC(N)C2)n1. The highest BCUT2D eigenvalue weighted by atomic mass is 16.5. The van der Waals surface area contributed by atoms with Crippen LogP contribution >= 0.6 is 0 Å². The van der Waals surface area contributed by atoms with E-state index in [2.05, 4.69) is 21.4 Å². The highest BCUT2D eigenvalue weighted by Gasteiger charge is 2.29. The maximum Gasteiger partial charge on any atom is 0.156 e. The fraction of sp³-hybridized carbons (Fsp3) is 0.750. The van der Waals surface area contributed by atoms with Gasteiger partial charge in [-0.05, 0) is 31.6 Å². The minimum atomic E-state index is 0.324. The van der Waals surface area contributed by atoms with Crippen LogP contribution in [0.4, 0.5) is 5.82 Å². The predicted molar refractivity (Wildman–Crippen MR) is 84.7 cm³/mol. The molecule has 0 aromatic carbocycles. The Morgan fingerprint density at radius 2 is 2.09 bits per heavy atom. The molecule has 1 aromatic rings. The number of hydrogen-bond acceptors (Lipinski definition) is 6. The molecule has 3 rings (SSSR count). The summed E-state index contributed by atoms with van der Waals surface area (Å²) >= 11 is 0. The summed E-state index contributed by atoms with van der Waals surface area (Å²) in [5.74, 6) is 2.78. The second-order valence-corrected chi connectivity index (χ2v) is 6.39. The summed E-state index contributed by atoms with van der Waals surface area (Å²) in [5, 5.41) is 3.47. The Bertz CT molecular complexity index is 485. The molecule has 1 aliphatic heterocycles. The van der Waals surface area contributed by atoms with Crippen LogP contribution in [0.2, 0.25) is 0 Å². The van der Waals surface area contributed by atoms with Crippen molar-refractivity contribution in [1.82, 2.24) is 9.97 Å². The van der Waals surface area contributed by atoms with Gasteiger partial charge in [-0.3, -0.25) is 0 Å². The Morgan fingerprint density at radius 3 is 2.77 bits per heavy atom. The molecular formula is C16H26N4O2. The van der Waals surface area contributed by atoms with Crippen molar-refractivity contribution >= 4 is 5.82 Å². The van der Waals surface area contributed by atoms with Crippen LogP contribution in [0.15, 0.2) is 6.07 Å². The molecule has 2 fully saturated rings. The molecule has 1 saturated heterocycles. The average Bonchev–Trinajstić information content (AvgIpc) is 2.51. The first kappa shape index (κ1) is 15.6. The lowest BCUT2D eigenvalue weighted by atomic mass is 9.78. The summed E-state index contributed by atoms with van der Waals surface area (Å²) < 4.78 is 10.6. The van der Waals surface area contributed by atoms with E-state index in [1.54, 1.807) is 7.11 Å². The van der Waals surface area contributed by atoms with E-state index in [-0.39, 0.29) is 0 Å². The molecule has 0 spiro atoms. The number of nitrogens with one attached hydrogen (secondary N) is 1. The summed E-state index contributed by atoms with van der Waals surface area (Å²) in [5.41, 5.74) is 7.00. The van der Waals surface area contributed by atoms with Gasteiger partial charge in [0.15, 0.2) is 5.82 Å². The highest BCUT2D eigenvalue weighted by Crippen LogP contribution is 2.35. The zero-order valence-electron chi connectivity index (χ0n) is 13.3. The van der Waals surface area contributed by atoms with Crippen molar-refractivity contribution in [2.45, 2.75) is 44.2 Å². The van der Waals surface area contributed by atoms with Crippen LogP contribution < -0.4 is 11.1 Å². The maximum atomic E-state index is 5.90. The zero-order chi connectivity index (χ0) is 15.4. The van der Waals surface area contributed by atoms with Gasteiger partial charge in [0.1, 0.15) is 12.4 Å². The molecule has 122 valence electrons. The molecule has 1 saturated carbocycles. The maximum absolute atomic E-state index is 5.90. The van der Waals surface area contributed by atoms with Crippen molar-refractivity contribution in [2.24, 2.45) is 11.7 Å². The van der Waals surface area contributed by atoms with Gasteiger partial charge in [-0.1, -0.05) is 0 Å². The van der Waals surface area contributed by atoms with Gasteiger partial charge in [0.25, 0.3) is 0 Å². The number of nitrogens with zero attached hydrogens (tertiary/aromatic N) is 2. The smallest absolute Gasteiger partial charge is 0.156 e. The van der Waals surface area contributed by atoms with Crippen LogP contribution in [0.3, 0.4) is 0 Å². The van der Waals surface area contributed by atoms with E-state index < -0.39 is 0 Å². The Hall–Kier alpha value is -1.24. The Balaban J connectivity index is 1.65. The number of hydrogen-bond donors (Lipinski definition) is 2. The number of methoxy groups -OCH3 is 1. The molecule has 1 aliphatic carbocycles. The van der Waals surface area contributed by atoms with Crippen molar-refractivity contribution < 1.29 is 9.47 Å². The van der Waals surface area contributed by atoms with Gasteiger partial charge in [0.05, 0.1) is 0 Å². The van der Waals surface area contributed by atoms with E-state index in [9.17, 15) is 0 Å². The lowest BCUT2D eigenvalue weighted by Crippen LogP contribution is -2.35. The summed E-state index contributed by atoms with van der Waals surface area (Å²) in [6.45, 7) is 3.13. The Labute approximate surface area is 131 Å². The molecule has 0 bridgehead atoms. The first-order valence-electron chi connectivity index (χ1n) is 8.18. The molecule has 0 atom stereocenters. The molecule has 0 unspecified atom stereocenters. The summed E-state index contributed by atoms with van der Waals surface area (Å²) in [4.78, 5) is 9.18. The second-order valence-electron chi connectivity index (χ2n) is 6.39. The van der Waals surface area contributed by atoms with E-state index in [1.165, 1.54) is 0 Å². The topological polar surface area (TPSA) is 82.3 Å². The lowest BCUT2D eigenvalue weighted by molar-refractivity contribution is 0.0699. The minimum Gasteiger partial charge on any atom is -0.381 e. The van der Waals surface area contributed by atoms with Crippen molar-refractivity contribution in [3.8, 4) is 0 Å². The first-order chi connectivity index (χ1) is 10.7. The second kappa shape index (κ2) is 7.35. The number of rotatable bonds is 6. The quantitative estimate of drug-likeness (QED) is 0.832. The first-order valence-corrected chi connectivity index (χ1v) is 8.18. The predicted octanol–water partition coefficient (Wildman–Crippen LogP) is 1.67. The summed E-state index contributed by atoms with van der Waals surface area (Å²) in [6, 6.07) is 2.40. The van der Waals surface area contributed by atoms with Gasteiger partial charge >= 0.3 is 0 Å². The van der Waals surface area contributed by atoms with Crippen LogP contribution in [0.1, 0.15) is 43.1 Å². The monoisotopic (exact) mass is 306 g/mol. The van der Waals surface area contributed by atoms with Gasteiger partial charge < -0.3 is 20.5 Å². The number of nitrogens with two attached hydrogens (primary N) is 1. The summed E-state index contributed by atoms with van der Waals surface area (Å²) in [7, 11) is 1.67. The van der Waals surface area contributed by atoms with Gasteiger partial charge in [-0.15, -0.1) is 0 Å². The van der Waals surface area contributed by atoms with E-state index in [0.717, 1.165) is 62.8 Å². The van der Waals surface area contributed by atoms with Crippen molar-refractivity contribution in [3.05, 3.63) is 17.6 Å². The molecule has 6 nitrogen and oxygen atoms in total. The third-order valence-corrected chi connectivity index (χ3v) is 4.57. The highest BCUT2D eigenvalue weighted by molar-refractivity contribution is 5.38. The van der Waals surface area contributed by atoms with Crippen LogP contribution in [-0.2, 0) is 16.1 Å². The molecule has 0 radical (unpaired) electrons. The van der Waals surface area contributed by atoms with Crippen molar-refractivity contribution in [2.75, 3.05) is 32.2 Å². The average molecular weight is 306 g/mol. The van der Waals surface area contributed by atoms with Crippen LogP contribution in [0, 0.1) is 5.92 Å². The van der Waals surface area contributed by atoms with Gasteiger partial charge in [-0.2, -0.15) is 0 Å². The number of anilines is 1. The summed E-state index contributed by atoms with van der Waals surface area (Å²) in [6.07, 6.45) is 4.27. The van der Waals surface area contributed by atoms with Crippen molar-refractivity contribution in [3.63, 3.8) is 0 Å². The Morgan fingerprint density at radius 1 is 1.32 bits per heavy atom. The molecule has 3 N–H and O–H groups in total. The molecular weight excluding hydrogens is 280 g/mol. The molecule has 2 heterocycles. The standard InChI is InChI=1S/C16H26N4O2/c1-21-10-16-19-14(12-6-13(17)7-12)8-15(20-16)18-9-11-2-4-22-5-3-11/h8,11-13H,2-7,9-10,17H2,1H3,(H,18,19,20). The van der Waals surface area contributed by atoms with Crippen LogP contribution in [0.5, 0.6) is 0 Å². The largest absolute Gasteiger partial charge is 0.381 e. The fourth-order valence-electron chi connectivity index (χ4n) is 3.11. The zero-order valence-corrected chi connectivity index (χ0v) is 13.3. The molecule has 0 amide bonds. The van der Waals surface area contributed by atoms with E-state index in [1.807, 2.05) is 0 Å². The normalized spacial score (nSPS) is 25.7. The molecule has 2 aliphatic rings. The van der Waals surface area contributed by atoms with Gasteiger partial charge in [-0.25, -0.2) is 9.97 Å². The van der Waals surface area contributed by atoms with E-state index in [0.29, 0.717) is 24.5 Å². The van der Waals surface area contributed by atoms with Crippen LogP contribution in [-0.4, -0.2) is 42.9 Å². The van der Waals surface area contributed by atoms with Gasteiger partial charge in [0, 0.05) is 50.6 Å². The lowest BCUT2D eigenvalue weighted by Gasteiger charge is -2.32. The molecule has 6 heteroatoms. The third kappa shape index (κ3) is 3.94. The number of aromatic nitrogens is 2. The van der Waals surface area contributed by atoms with E-state index >= 15 is 0 Å². The third-order valence-electron chi connectivity index (χ3n) is 4.57. The fourth-order valence-corrected chi connectivity index (χ4v) is 3.11. The molecule has 1 aromatic heterocycles. The Kier molecular flexibility index (Phi) is 5.23. The molecule has 22 heavy (non-hydrogen) atoms. The number of ether oxygens (including phenoxy) is 2. The van der Waals surface area contributed by atoms with E-state index in [4.69, 9.17) is 15.2 Å². The van der Waals surface area contributed by atoms with Gasteiger partial charge in [0.2, 0.25) is 0 Å². The van der Waals surface area contributed by atoms with Crippen molar-refractivity contribution in [1.29, 1.82) is 0 Å². The van der Waals surface area contributed by atoms with Crippen LogP contribution in [0.25, 0.3) is 0 Å². The minimum absolute atomic E-state index is 0.324.